The Bertz CT molecular complexity index is 349. The Hall–Kier alpha value is -1.00. The van der Waals surface area contributed by atoms with Gasteiger partial charge in [-0.1, -0.05) is 13.8 Å². The molecule has 1 rings (SSSR count). The van der Waals surface area contributed by atoms with Gasteiger partial charge in [0.2, 0.25) is 0 Å². The van der Waals surface area contributed by atoms with Gasteiger partial charge in [0.1, 0.15) is 11.6 Å². The van der Waals surface area contributed by atoms with E-state index in [0.717, 1.165) is 12.6 Å². The smallest absolute Gasteiger partial charge is 0.126 e. The van der Waals surface area contributed by atoms with Gasteiger partial charge < -0.3 is 10.1 Å². The van der Waals surface area contributed by atoms with Crippen molar-refractivity contribution >= 4 is 0 Å². The van der Waals surface area contributed by atoms with E-state index in [4.69, 9.17) is 4.74 Å². The first-order valence-electron chi connectivity index (χ1n) is 6.20. The standard InChI is InChI=1S/C14H21F2NO/c1-10(2)14(9-17-4-5-18-3)11-6-12(15)8-13(16)7-11/h6-8,10,14,17H,4-5,9H2,1-3H3. The van der Waals surface area contributed by atoms with Gasteiger partial charge in [0.05, 0.1) is 6.61 Å². The molecule has 0 saturated heterocycles. The molecule has 0 aliphatic heterocycles. The molecule has 0 heterocycles. The summed E-state index contributed by atoms with van der Waals surface area (Å²) in [6, 6.07) is 3.72. The van der Waals surface area contributed by atoms with Gasteiger partial charge in [-0.25, -0.2) is 8.78 Å². The number of benzene rings is 1. The van der Waals surface area contributed by atoms with E-state index >= 15 is 0 Å². The second kappa shape index (κ2) is 7.44. The number of halogens is 2. The van der Waals surface area contributed by atoms with Crippen molar-refractivity contribution < 1.29 is 13.5 Å². The molecule has 4 heteroatoms. The normalized spacial score (nSPS) is 13.0. The summed E-state index contributed by atoms with van der Waals surface area (Å²) in [5, 5.41) is 3.24. The molecule has 18 heavy (non-hydrogen) atoms. The van der Waals surface area contributed by atoms with Gasteiger partial charge in [-0.3, -0.25) is 0 Å². The summed E-state index contributed by atoms with van der Waals surface area (Å²) in [4.78, 5) is 0. The van der Waals surface area contributed by atoms with Crippen LogP contribution in [0.1, 0.15) is 25.3 Å². The van der Waals surface area contributed by atoms with Gasteiger partial charge in [-0.05, 0) is 29.5 Å². The lowest BCUT2D eigenvalue weighted by molar-refractivity contribution is 0.198. The maximum Gasteiger partial charge on any atom is 0.126 e. The van der Waals surface area contributed by atoms with Gasteiger partial charge in [0, 0.05) is 26.3 Å². The van der Waals surface area contributed by atoms with Crippen molar-refractivity contribution in [1.82, 2.24) is 5.32 Å². The Labute approximate surface area is 107 Å². The molecule has 0 saturated carbocycles. The largest absolute Gasteiger partial charge is 0.383 e. The van der Waals surface area contributed by atoms with E-state index in [1.165, 1.54) is 12.1 Å². The van der Waals surface area contributed by atoms with Gasteiger partial charge in [-0.2, -0.15) is 0 Å². The minimum Gasteiger partial charge on any atom is -0.383 e. The maximum atomic E-state index is 13.2. The molecular weight excluding hydrogens is 236 g/mol. The Morgan fingerprint density at radius 1 is 1.17 bits per heavy atom. The Morgan fingerprint density at radius 3 is 2.28 bits per heavy atom. The van der Waals surface area contributed by atoms with E-state index in [9.17, 15) is 8.78 Å². The van der Waals surface area contributed by atoms with Gasteiger partial charge in [-0.15, -0.1) is 0 Å². The number of hydrogen-bond acceptors (Lipinski definition) is 2. The minimum atomic E-state index is -0.521. The van der Waals surface area contributed by atoms with Crippen LogP contribution in [0.2, 0.25) is 0 Å². The molecule has 1 atom stereocenters. The van der Waals surface area contributed by atoms with Crippen LogP contribution in [0.4, 0.5) is 8.78 Å². The van der Waals surface area contributed by atoms with Gasteiger partial charge in [0.25, 0.3) is 0 Å². The van der Waals surface area contributed by atoms with Crippen LogP contribution in [0.5, 0.6) is 0 Å². The topological polar surface area (TPSA) is 21.3 Å². The SMILES string of the molecule is COCCNCC(c1cc(F)cc(F)c1)C(C)C. The average Bonchev–Trinajstić information content (AvgIpc) is 2.27. The summed E-state index contributed by atoms with van der Waals surface area (Å²) in [5.41, 5.74) is 0.701. The molecule has 1 unspecified atom stereocenters. The highest BCUT2D eigenvalue weighted by molar-refractivity contribution is 5.22. The maximum absolute atomic E-state index is 13.2. The van der Waals surface area contributed by atoms with Crippen LogP contribution >= 0.6 is 0 Å². The molecule has 1 aromatic carbocycles. The van der Waals surface area contributed by atoms with E-state index in [-0.39, 0.29) is 5.92 Å². The number of nitrogens with one attached hydrogen (secondary N) is 1. The van der Waals surface area contributed by atoms with Crippen molar-refractivity contribution in [2.24, 2.45) is 5.92 Å². The van der Waals surface area contributed by atoms with Crippen LogP contribution in [-0.2, 0) is 4.74 Å². The molecule has 1 aromatic rings. The third-order valence-corrected chi connectivity index (χ3v) is 2.96. The fourth-order valence-corrected chi connectivity index (χ4v) is 1.96. The molecule has 0 amide bonds. The second-order valence-electron chi connectivity index (χ2n) is 4.75. The third kappa shape index (κ3) is 4.70. The van der Waals surface area contributed by atoms with E-state index < -0.39 is 11.6 Å². The highest BCUT2D eigenvalue weighted by Crippen LogP contribution is 2.25. The molecule has 0 aliphatic rings. The highest BCUT2D eigenvalue weighted by Gasteiger charge is 2.17. The number of rotatable bonds is 7. The van der Waals surface area contributed by atoms with E-state index in [1.54, 1.807) is 7.11 Å². The fourth-order valence-electron chi connectivity index (χ4n) is 1.96. The Balaban J connectivity index is 2.71. The lowest BCUT2D eigenvalue weighted by atomic mass is 9.88. The number of hydrogen-bond donors (Lipinski definition) is 1. The quantitative estimate of drug-likeness (QED) is 0.758. The van der Waals surface area contributed by atoms with Crippen LogP contribution in [0, 0.1) is 17.6 Å². The summed E-state index contributed by atoms with van der Waals surface area (Å²) < 4.78 is 31.4. The van der Waals surface area contributed by atoms with Crippen molar-refractivity contribution in [2.45, 2.75) is 19.8 Å². The summed E-state index contributed by atoms with van der Waals surface area (Å²) in [7, 11) is 1.64. The first-order chi connectivity index (χ1) is 8.54. The van der Waals surface area contributed by atoms with Crippen LogP contribution in [-0.4, -0.2) is 26.8 Å². The number of ether oxygens (including phenoxy) is 1. The lowest BCUT2D eigenvalue weighted by Crippen LogP contribution is -2.27. The van der Waals surface area contributed by atoms with Crippen molar-refractivity contribution in [1.29, 1.82) is 0 Å². The predicted octanol–water partition coefficient (Wildman–Crippen LogP) is 2.94. The van der Waals surface area contributed by atoms with E-state index in [0.29, 0.717) is 24.6 Å². The molecule has 0 fully saturated rings. The lowest BCUT2D eigenvalue weighted by Gasteiger charge is -2.22. The first-order valence-corrected chi connectivity index (χ1v) is 6.20. The summed E-state index contributed by atoms with van der Waals surface area (Å²) in [6.45, 7) is 6.14. The fraction of sp³-hybridized carbons (Fsp3) is 0.571. The molecule has 0 bridgehead atoms. The van der Waals surface area contributed by atoms with Crippen LogP contribution < -0.4 is 5.32 Å². The van der Waals surface area contributed by atoms with Crippen molar-refractivity contribution in [3.8, 4) is 0 Å². The zero-order chi connectivity index (χ0) is 13.5. The van der Waals surface area contributed by atoms with Gasteiger partial charge in [0.15, 0.2) is 0 Å². The van der Waals surface area contributed by atoms with Crippen molar-refractivity contribution in [3.63, 3.8) is 0 Å². The summed E-state index contributed by atoms with van der Waals surface area (Å²) in [5.74, 6) is -0.645. The van der Waals surface area contributed by atoms with Crippen LogP contribution in [0.3, 0.4) is 0 Å². The van der Waals surface area contributed by atoms with E-state index in [2.05, 4.69) is 5.32 Å². The molecular formula is C14H21F2NO. The molecule has 1 N–H and O–H groups in total. The van der Waals surface area contributed by atoms with Crippen LogP contribution in [0.25, 0.3) is 0 Å². The zero-order valence-electron chi connectivity index (χ0n) is 11.2. The third-order valence-electron chi connectivity index (χ3n) is 2.96. The average molecular weight is 257 g/mol. The van der Waals surface area contributed by atoms with Crippen LogP contribution in [0.15, 0.2) is 18.2 Å². The molecule has 2 nitrogen and oxygen atoms in total. The summed E-state index contributed by atoms with van der Waals surface area (Å²) >= 11 is 0. The molecule has 0 radical (unpaired) electrons. The summed E-state index contributed by atoms with van der Waals surface area (Å²) in [6.07, 6.45) is 0. The second-order valence-corrected chi connectivity index (χ2v) is 4.75. The molecule has 0 aromatic heterocycles. The predicted molar refractivity (Wildman–Crippen MR) is 68.7 cm³/mol. The van der Waals surface area contributed by atoms with E-state index in [1.807, 2.05) is 13.8 Å². The Morgan fingerprint density at radius 2 is 1.78 bits per heavy atom. The Kier molecular flexibility index (Phi) is 6.22. The van der Waals surface area contributed by atoms with Crippen molar-refractivity contribution in [2.75, 3.05) is 26.8 Å². The molecule has 0 spiro atoms. The number of methoxy groups -OCH3 is 1. The minimum absolute atomic E-state index is 0.0899. The van der Waals surface area contributed by atoms with Gasteiger partial charge >= 0.3 is 0 Å². The van der Waals surface area contributed by atoms with Crippen molar-refractivity contribution in [3.05, 3.63) is 35.4 Å². The molecule has 102 valence electrons. The monoisotopic (exact) mass is 257 g/mol. The zero-order valence-corrected chi connectivity index (χ0v) is 11.2. The molecule has 0 aliphatic carbocycles. The first kappa shape index (κ1) is 15.1. The highest BCUT2D eigenvalue weighted by atomic mass is 19.1.